The zero-order valence-corrected chi connectivity index (χ0v) is 22.0. The van der Waals surface area contributed by atoms with Gasteiger partial charge in [-0.15, -0.1) is 0 Å². The Morgan fingerprint density at radius 2 is 1.67 bits per heavy atom. The second-order valence-corrected chi connectivity index (χ2v) is 9.85. The Balaban J connectivity index is 1.25. The highest BCUT2D eigenvalue weighted by Crippen LogP contribution is 2.34. The normalized spacial score (nSPS) is 19.3. The van der Waals surface area contributed by atoms with Crippen LogP contribution in [0.4, 0.5) is 15.8 Å². The molecule has 2 heterocycles. The van der Waals surface area contributed by atoms with Crippen molar-refractivity contribution in [3.05, 3.63) is 83.7 Å². The van der Waals surface area contributed by atoms with Gasteiger partial charge in [0.1, 0.15) is 23.4 Å². The number of hydrogen-bond donors (Lipinski definition) is 0. The monoisotopic (exact) mass is 523 g/mol. The number of piperidine rings is 1. The summed E-state index contributed by atoms with van der Waals surface area (Å²) in [6.07, 6.45) is 1.95. The Morgan fingerprint density at radius 1 is 0.974 bits per heavy atom. The first-order valence-electron chi connectivity index (χ1n) is 13.1. The van der Waals surface area contributed by atoms with Crippen molar-refractivity contribution in [2.24, 2.45) is 11.0 Å². The summed E-state index contributed by atoms with van der Waals surface area (Å²) in [5, 5.41) is 25.4. The Morgan fingerprint density at radius 3 is 2.31 bits per heavy atom. The second-order valence-electron chi connectivity index (χ2n) is 9.85. The van der Waals surface area contributed by atoms with Crippen LogP contribution in [0.25, 0.3) is 0 Å². The predicted molar refractivity (Wildman–Crippen MR) is 149 cm³/mol. The van der Waals surface area contributed by atoms with E-state index in [9.17, 15) is 9.65 Å². The number of nitrogens with zero attached hydrogens (tertiary/aromatic N) is 5. The number of hydrogen-bond acceptors (Lipinski definition) is 7. The van der Waals surface area contributed by atoms with Gasteiger partial charge in [0.25, 0.3) is 0 Å². The minimum absolute atomic E-state index is 0.0416. The van der Waals surface area contributed by atoms with Gasteiger partial charge in [-0.2, -0.15) is 15.6 Å². The molecule has 7 nitrogen and oxygen atoms in total. The van der Waals surface area contributed by atoms with Crippen LogP contribution < -0.4 is 19.4 Å². The van der Waals surface area contributed by atoms with Crippen LogP contribution in [0.3, 0.4) is 0 Å². The van der Waals surface area contributed by atoms with Crippen LogP contribution >= 0.6 is 0 Å². The maximum atomic E-state index is 14.4. The van der Waals surface area contributed by atoms with Gasteiger partial charge < -0.3 is 14.4 Å². The molecule has 2 aliphatic heterocycles. The van der Waals surface area contributed by atoms with E-state index in [1.54, 1.807) is 31.4 Å². The number of anilines is 2. The van der Waals surface area contributed by atoms with Crippen LogP contribution in [-0.2, 0) is 0 Å². The summed E-state index contributed by atoms with van der Waals surface area (Å²) >= 11 is 0. The fourth-order valence-corrected chi connectivity index (χ4v) is 5.26. The van der Waals surface area contributed by atoms with Crippen LogP contribution in [0.15, 0.2) is 71.8 Å². The molecular formula is C31H30FN5O2. The second kappa shape index (κ2) is 11.4. The van der Waals surface area contributed by atoms with Crippen molar-refractivity contribution in [3.63, 3.8) is 0 Å². The molecule has 0 bridgehead atoms. The van der Waals surface area contributed by atoms with E-state index in [2.05, 4.69) is 19.1 Å². The summed E-state index contributed by atoms with van der Waals surface area (Å²) in [6, 6.07) is 24.4. The molecule has 1 saturated heterocycles. The third-order valence-corrected chi connectivity index (χ3v) is 7.49. The molecule has 8 heteroatoms. The lowest BCUT2D eigenvalue weighted by atomic mass is 9.91. The molecule has 0 amide bonds. The van der Waals surface area contributed by atoms with Crippen molar-refractivity contribution in [1.29, 1.82) is 10.5 Å². The van der Waals surface area contributed by atoms with E-state index in [0.29, 0.717) is 36.5 Å². The van der Waals surface area contributed by atoms with E-state index in [0.717, 1.165) is 35.6 Å². The lowest BCUT2D eigenvalue weighted by Gasteiger charge is -2.34. The van der Waals surface area contributed by atoms with E-state index in [4.69, 9.17) is 19.8 Å². The minimum Gasteiger partial charge on any atom is -0.497 e. The van der Waals surface area contributed by atoms with Crippen LogP contribution in [-0.4, -0.2) is 38.1 Å². The van der Waals surface area contributed by atoms with Crippen LogP contribution in [0, 0.1) is 34.4 Å². The number of hydrazone groups is 1. The van der Waals surface area contributed by atoms with Gasteiger partial charge in [-0.3, -0.25) is 5.01 Å². The van der Waals surface area contributed by atoms with E-state index in [-0.39, 0.29) is 23.9 Å². The lowest BCUT2D eigenvalue weighted by molar-refractivity contribution is 0.170. The average Bonchev–Trinajstić information content (AvgIpc) is 3.30. The van der Waals surface area contributed by atoms with Crippen LogP contribution in [0.1, 0.15) is 37.3 Å². The third-order valence-electron chi connectivity index (χ3n) is 7.49. The Labute approximate surface area is 228 Å². The molecule has 0 saturated carbocycles. The zero-order chi connectivity index (χ0) is 27.4. The summed E-state index contributed by atoms with van der Waals surface area (Å²) in [6.45, 7) is 3.47. The summed E-state index contributed by atoms with van der Waals surface area (Å²) in [5.74, 6) is 1.21. The van der Waals surface area contributed by atoms with E-state index >= 15 is 0 Å². The predicted octanol–water partition coefficient (Wildman–Crippen LogP) is 5.90. The number of halogens is 1. The fraction of sp³-hybridized carbons (Fsp3) is 0.323. The van der Waals surface area contributed by atoms with Gasteiger partial charge >= 0.3 is 0 Å². The third kappa shape index (κ3) is 5.51. The molecule has 5 rings (SSSR count). The van der Waals surface area contributed by atoms with Gasteiger partial charge in [-0.25, -0.2) is 4.39 Å². The number of rotatable bonds is 7. The molecule has 3 aromatic carbocycles. The van der Waals surface area contributed by atoms with Gasteiger partial charge in [0.2, 0.25) is 0 Å². The van der Waals surface area contributed by atoms with E-state index < -0.39 is 0 Å². The van der Waals surface area contributed by atoms with Crippen LogP contribution in [0.2, 0.25) is 0 Å². The number of benzene rings is 3. The standard InChI is InChI=1S/C31H30FN5O2/c1-21-29(13-16-33)37(35-31(21)23-5-3-22(20-34)4-6-23)24-7-9-25(10-8-24)39-26-14-17-36(18-15-26)30-19-27(38-2)11-12-28(30)32/h3-12,19,21,26,29H,13-15,17-18H2,1-2H3. The molecule has 0 N–H and O–H groups in total. The molecule has 0 radical (unpaired) electrons. The molecule has 2 unspecified atom stereocenters. The Bertz CT molecular complexity index is 1420. The van der Waals surface area contributed by atoms with Crippen molar-refractivity contribution in [1.82, 2.24) is 0 Å². The molecule has 39 heavy (non-hydrogen) atoms. The molecule has 2 atom stereocenters. The lowest BCUT2D eigenvalue weighted by Crippen LogP contribution is -2.38. The van der Waals surface area contributed by atoms with Crippen molar-refractivity contribution in [2.75, 3.05) is 30.1 Å². The molecule has 198 valence electrons. The van der Waals surface area contributed by atoms with Gasteiger partial charge in [0.05, 0.1) is 54.4 Å². The average molecular weight is 524 g/mol. The van der Waals surface area contributed by atoms with Crippen molar-refractivity contribution in [2.45, 2.75) is 38.3 Å². The Hall–Kier alpha value is -4.56. The van der Waals surface area contributed by atoms with Gasteiger partial charge in [-0.05, 0) is 54.1 Å². The first-order chi connectivity index (χ1) is 19.0. The fourth-order valence-electron chi connectivity index (χ4n) is 5.26. The minimum atomic E-state index is -0.248. The van der Waals surface area contributed by atoms with Crippen LogP contribution in [0.5, 0.6) is 11.5 Å². The largest absolute Gasteiger partial charge is 0.497 e. The smallest absolute Gasteiger partial charge is 0.146 e. The van der Waals surface area contributed by atoms with Crippen molar-refractivity contribution < 1.29 is 13.9 Å². The molecule has 0 aromatic heterocycles. The quantitative estimate of drug-likeness (QED) is 0.384. The first kappa shape index (κ1) is 26.1. The molecule has 2 aliphatic rings. The van der Waals surface area contributed by atoms with Crippen molar-refractivity contribution >= 4 is 17.1 Å². The highest BCUT2D eigenvalue weighted by atomic mass is 19.1. The molecule has 0 spiro atoms. The number of methoxy groups -OCH3 is 1. The maximum Gasteiger partial charge on any atom is 0.146 e. The van der Waals surface area contributed by atoms with Gasteiger partial charge in [0, 0.05) is 37.9 Å². The first-order valence-corrected chi connectivity index (χ1v) is 13.1. The highest BCUT2D eigenvalue weighted by molar-refractivity contribution is 6.04. The topological polar surface area (TPSA) is 84.9 Å². The maximum absolute atomic E-state index is 14.4. The zero-order valence-electron chi connectivity index (χ0n) is 22.0. The van der Waals surface area contributed by atoms with Crippen molar-refractivity contribution in [3.8, 4) is 23.6 Å². The SMILES string of the molecule is COc1ccc(F)c(N2CCC(Oc3ccc(N4N=C(c5ccc(C#N)cc5)C(C)C4CC#N)cc3)CC2)c1. The Kier molecular flexibility index (Phi) is 7.65. The summed E-state index contributed by atoms with van der Waals surface area (Å²) in [7, 11) is 1.58. The summed E-state index contributed by atoms with van der Waals surface area (Å²) in [5.41, 5.74) is 3.90. The number of ether oxygens (including phenoxy) is 2. The van der Waals surface area contributed by atoms with E-state index in [1.165, 1.54) is 6.07 Å². The number of nitriles is 2. The summed E-state index contributed by atoms with van der Waals surface area (Å²) in [4.78, 5) is 2.04. The molecular weight excluding hydrogens is 493 g/mol. The van der Waals surface area contributed by atoms with Gasteiger partial charge in [-0.1, -0.05) is 19.1 Å². The van der Waals surface area contributed by atoms with E-state index in [1.807, 2.05) is 46.3 Å². The molecule has 1 fully saturated rings. The van der Waals surface area contributed by atoms with Gasteiger partial charge in [0.15, 0.2) is 0 Å². The molecule has 0 aliphatic carbocycles. The summed E-state index contributed by atoms with van der Waals surface area (Å²) < 4.78 is 25.9. The molecule has 3 aromatic rings. The highest BCUT2D eigenvalue weighted by Gasteiger charge is 2.35.